The average molecular weight is 277 g/mol. The van der Waals surface area contributed by atoms with Crippen molar-refractivity contribution in [1.82, 2.24) is 4.98 Å². The van der Waals surface area contributed by atoms with E-state index in [0.29, 0.717) is 11.0 Å². The molecule has 0 saturated heterocycles. The molecular formula is C15H23N3S. The number of rotatable bonds is 4. The SMILES string of the molecule is Cc1cc(C(N)=S)cc(NC(C)C2CCCCC2)n1. The lowest BCUT2D eigenvalue weighted by molar-refractivity contribution is 0.328. The van der Waals surface area contributed by atoms with Crippen LogP contribution >= 0.6 is 12.2 Å². The Morgan fingerprint density at radius 3 is 2.68 bits per heavy atom. The highest BCUT2D eigenvalue weighted by Crippen LogP contribution is 2.27. The third kappa shape index (κ3) is 3.90. The maximum atomic E-state index is 5.70. The van der Waals surface area contributed by atoms with E-state index in [2.05, 4.69) is 17.2 Å². The highest BCUT2D eigenvalue weighted by Gasteiger charge is 2.20. The first-order valence-electron chi connectivity index (χ1n) is 7.11. The van der Waals surface area contributed by atoms with Crippen LogP contribution in [0.2, 0.25) is 0 Å². The fraction of sp³-hybridized carbons (Fsp3) is 0.600. The molecule has 1 aliphatic carbocycles. The van der Waals surface area contributed by atoms with Crippen molar-refractivity contribution < 1.29 is 0 Å². The lowest BCUT2D eigenvalue weighted by Gasteiger charge is -2.28. The lowest BCUT2D eigenvalue weighted by atomic mass is 9.84. The lowest BCUT2D eigenvalue weighted by Crippen LogP contribution is -2.28. The van der Waals surface area contributed by atoms with Gasteiger partial charge >= 0.3 is 0 Å². The van der Waals surface area contributed by atoms with Crippen molar-refractivity contribution in [3.8, 4) is 0 Å². The van der Waals surface area contributed by atoms with E-state index >= 15 is 0 Å². The number of aryl methyl sites for hydroxylation is 1. The fourth-order valence-corrected chi connectivity index (χ4v) is 2.99. The van der Waals surface area contributed by atoms with E-state index in [1.54, 1.807) is 0 Å². The Kier molecular flexibility index (Phi) is 4.75. The molecule has 2 rings (SSSR count). The minimum Gasteiger partial charge on any atom is -0.389 e. The topological polar surface area (TPSA) is 50.9 Å². The minimum atomic E-state index is 0.430. The molecule has 0 bridgehead atoms. The second-order valence-corrected chi connectivity index (χ2v) is 6.02. The van der Waals surface area contributed by atoms with Crippen LogP contribution in [0.1, 0.15) is 50.3 Å². The maximum Gasteiger partial charge on any atom is 0.127 e. The van der Waals surface area contributed by atoms with Crippen LogP contribution in [0.3, 0.4) is 0 Å². The van der Waals surface area contributed by atoms with Gasteiger partial charge < -0.3 is 11.1 Å². The van der Waals surface area contributed by atoms with Crippen LogP contribution in [-0.4, -0.2) is 16.0 Å². The zero-order valence-electron chi connectivity index (χ0n) is 11.8. The minimum absolute atomic E-state index is 0.430. The van der Waals surface area contributed by atoms with E-state index in [1.807, 2.05) is 19.1 Å². The molecule has 1 heterocycles. The molecule has 1 saturated carbocycles. The van der Waals surface area contributed by atoms with Crippen molar-refractivity contribution in [3.05, 3.63) is 23.4 Å². The molecule has 0 aliphatic heterocycles. The molecule has 1 atom stereocenters. The number of thiocarbonyl (C=S) groups is 1. The van der Waals surface area contributed by atoms with Gasteiger partial charge in [0.1, 0.15) is 10.8 Å². The molecule has 1 aromatic heterocycles. The van der Waals surface area contributed by atoms with E-state index in [0.717, 1.165) is 23.0 Å². The Morgan fingerprint density at radius 1 is 1.37 bits per heavy atom. The van der Waals surface area contributed by atoms with Crippen molar-refractivity contribution in [2.45, 2.75) is 52.0 Å². The smallest absolute Gasteiger partial charge is 0.127 e. The zero-order chi connectivity index (χ0) is 13.8. The standard InChI is InChI=1S/C15H23N3S/c1-10-8-13(15(16)19)9-14(17-10)18-11(2)12-6-4-3-5-7-12/h8-9,11-12H,3-7H2,1-2H3,(H2,16,19)(H,17,18). The highest BCUT2D eigenvalue weighted by molar-refractivity contribution is 7.80. The molecule has 1 aliphatic rings. The maximum absolute atomic E-state index is 5.70. The number of nitrogens with zero attached hydrogens (tertiary/aromatic N) is 1. The number of aromatic nitrogens is 1. The molecule has 3 nitrogen and oxygen atoms in total. The fourth-order valence-electron chi connectivity index (χ4n) is 2.87. The summed E-state index contributed by atoms with van der Waals surface area (Å²) < 4.78 is 0. The molecule has 0 spiro atoms. The second-order valence-electron chi connectivity index (χ2n) is 5.58. The van der Waals surface area contributed by atoms with Gasteiger partial charge in [-0.3, -0.25) is 0 Å². The zero-order valence-corrected chi connectivity index (χ0v) is 12.6. The molecule has 0 amide bonds. The van der Waals surface area contributed by atoms with Gasteiger partial charge in [-0.2, -0.15) is 0 Å². The summed E-state index contributed by atoms with van der Waals surface area (Å²) in [6.07, 6.45) is 6.74. The molecule has 0 aromatic carbocycles. The summed E-state index contributed by atoms with van der Waals surface area (Å²) in [5.41, 5.74) is 7.54. The summed E-state index contributed by atoms with van der Waals surface area (Å²) in [6.45, 7) is 4.22. The third-order valence-electron chi connectivity index (χ3n) is 3.97. The summed E-state index contributed by atoms with van der Waals surface area (Å²) >= 11 is 5.04. The van der Waals surface area contributed by atoms with Gasteiger partial charge in [0.2, 0.25) is 0 Å². The quantitative estimate of drug-likeness (QED) is 0.828. The van der Waals surface area contributed by atoms with Crippen molar-refractivity contribution in [2.24, 2.45) is 11.7 Å². The van der Waals surface area contributed by atoms with Gasteiger partial charge in [0.25, 0.3) is 0 Å². The first-order valence-corrected chi connectivity index (χ1v) is 7.52. The predicted octanol–water partition coefficient (Wildman–Crippen LogP) is 3.40. The number of nitrogens with one attached hydrogen (secondary N) is 1. The van der Waals surface area contributed by atoms with Crippen LogP contribution < -0.4 is 11.1 Å². The van der Waals surface area contributed by atoms with Gasteiger partial charge in [0.05, 0.1) is 0 Å². The molecule has 1 aromatic rings. The van der Waals surface area contributed by atoms with Crippen LogP contribution in [0.15, 0.2) is 12.1 Å². The third-order valence-corrected chi connectivity index (χ3v) is 4.21. The van der Waals surface area contributed by atoms with Crippen LogP contribution in [0, 0.1) is 12.8 Å². The molecule has 1 fully saturated rings. The van der Waals surface area contributed by atoms with Crippen LogP contribution in [-0.2, 0) is 0 Å². The summed E-state index contributed by atoms with van der Waals surface area (Å²) in [5, 5.41) is 3.52. The Hall–Kier alpha value is -1.16. The van der Waals surface area contributed by atoms with Crippen molar-refractivity contribution in [2.75, 3.05) is 5.32 Å². The molecule has 19 heavy (non-hydrogen) atoms. The van der Waals surface area contributed by atoms with Crippen LogP contribution in [0.25, 0.3) is 0 Å². The number of anilines is 1. The second kappa shape index (κ2) is 6.33. The predicted molar refractivity (Wildman–Crippen MR) is 84.5 cm³/mol. The summed E-state index contributed by atoms with van der Waals surface area (Å²) in [5.74, 6) is 1.64. The number of nitrogens with two attached hydrogens (primary N) is 1. The molecule has 0 radical (unpaired) electrons. The van der Waals surface area contributed by atoms with Gasteiger partial charge in [0, 0.05) is 17.3 Å². The van der Waals surface area contributed by atoms with Crippen molar-refractivity contribution >= 4 is 23.0 Å². The van der Waals surface area contributed by atoms with E-state index < -0.39 is 0 Å². The first-order chi connectivity index (χ1) is 9.06. The number of pyridine rings is 1. The van der Waals surface area contributed by atoms with Crippen LogP contribution in [0.5, 0.6) is 0 Å². The monoisotopic (exact) mass is 277 g/mol. The van der Waals surface area contributed by atoms with Gasteiger partial charge in [-0.15, -0.1) is 0 Å². The van der Waals surface area contributed by atoms with E-state index in [4.69, 9.17) is 18.0 Å². The molecule has 1 unspecified atom stereocenters. The first kappa shape index (κ1) is 14.3. The molecule has 104 valence electrons. The van der Waals surface area contributed by atoms with Gasteiger partial charge in [-0.05, 0) is 44.7 Å². The molecular weight excluding hydrogens is 254 g/mol. The summed E-state index contributed by atoms with van der Waals surface area (Å²) in [6, 6.07) is 4.33. The Labute approximate surface area is 121 Å². The normalized spacial score (nSPS) is 18.0. The largest absolute Gasteiger partial charge is 0.389 e. The Bertz CT molecular complexity index is 453. The van der Waals surface area contributed by atoms with Gasteiger partial charge in [-0.1, -0.05) is 31.5 Å². The van der Waals surface area contributed by atoms with Gasteiger partial charge in [-0.25, -0.2) is 4.98 Å². The number of hydrogen-bond acceptors (Lipinski definition) is 3. The molecule has 3 N–H and O–H groups in total. The summed E-state index contributed by atoms with van der Waals surface area (Å²) in [4.78, 5) is 4.95. The van der Waals surface area contributed by atoms with Crippen LogP contribution in [0.4, 0.5) is 5.82 Å². The number of hydrogen-bond donors (Lipinski definition) is 2. The highest BCUT2D eigenvalue weighted by atomic mass is 32.1. The van der Waals surface area contributed by atoms with E-state index in [9.17, 15) is 0 Å². The Morgan fingerprint density at radius 2 is 2.05 bits per heavy atom. The molecule has 4 heteroatoms. The average Bonchev–Trinajstić information content (AvgIpc) is 2.39. The van der Waals surface area contributed by atoms with Crippen molar-refractivity contribution in [3.63, 3.8) is 0 Å². The van der Waals surface area contributed by atoms with Gasteiger partial charge in [0.15, 0.2) is 0 Å². The van der Waals surface area contributed by atoms with Crippen molar-refractivity contribution in [1.29, 1.82) is 0 Å². The summed E-state index contributed by atoms with van der Waals surface area (Å²) in [7, 11) is 0. The Balaban J connectivity index is 2.07. The van der Waals surface area contributed by atoms with E-state index in [1.165, 1.54) is 32.1 Å². The van der Waals surface area contributed by atoms with E-state index in [-0.39, 0.29) is 0 Å².